The first kappa shape index (κ1) is 18.8. The molecule has 0 radical (unpaired) electrons. The van der Waals surface area contributed by atoms with Gasteiger partial charge in [0.2, 0.25) is 0 Å². The lowest BCUT2D eigenvalue weighted by Crippen LogP contribution is -1.92. The van der Waals surface area contributed by atoms with Crippen molar-refractivity contribution < 1.29 is 4.39 Å². The number of aromatic nitrogens is 2. The molecule has 1 atom stereocenters. The number of unbranched alkanes of at least 4 members (excludes halogenated alkanes) is 1. The van der Waals surface area contributed by atoms with Gasteiger partial charge in [0.1, 0.15) is 0 Å². The summed E-state index contributed by atoms with van der Waals surface area (Å²) in [6.45, 7) is 5.33. The molecule has 0 spiro atoms. The van der Waals surface area contributed by atoms with Crippen LogP contribution in [0.4, 0.5) is 4.39 Å². The van der Waals surface area contributed by atoms with Crippen LogP contribution in [-0.2, 0) is 6.42 Å². The average Bonchev–Trinajstić information content (AvgIpc) is 2.68. The SMILES string of the molecule is C=CCc1cnc(-c2cccc3cc(C#CCCCC(C)F)ccc23)nc1. The Morgan fingerprint density at radius 3 is 2.74 bits per heavy atom. The van der Waals surface area contributed by atoms with Gasteiger partial charge >= 0.3 is 0 Å². The molecule has 1 heterocycles. The van der Waals surface area contributed by atoms with E-state index in [-0.39, 0.29) is 0 Å². The molecule has 2 aromatic carbocycles. The van der Waals surface area contributed by atoms with E-state index in [0.717, 1.165) is 46.7 Å². The Morgan fingerprint density at radius 2 is 2.00 bits per heavy atom. The van der Waals surface area contributed by atoms with Gasteiger partial charge in [-0.25, -0.2) is 14.4 Å². The van der Waals surface area contributed by atoms with E-state index in [0.29, 0.717) is 12.2 Å². The number of nitrogens with zero attached hydrogens (tertiary/aromatic N) is 2. The van der Waals surface area contributed by atoms with E-state index in [2.05, 4.69) is 46.6 Å². The summed E-state index contributed by atoms with van der Waals surface area (Å²) in [6.07, 6.45) is 7.64. The van der Waals surface area contributed by atoms with Crippen LogP contribution in [0.3, 0.4) is 0 Å². The number of rotatable bonds is 6. The summed E-state index contributed by atoms with van der Waals surface area (Å²) in [7, 11) is 0. The second-order valence-electron chi connectivity index (χ2n) is 6.62. The van der Waals surface area contributed by atoms with Crippen molar-refractivity contribution in [1.29, 1.82) is 0 Å². The predicted molar refractivity (Wildman–Crippen MR) is 110 cm³/mol. The number of fused-ring (bicyclic) bond motifs is 1. The first-order chi connectivity index (χ1) is 13.2. The normalized spacial score (nSPS) is 11.6. The second kappa shape index (κ2) is 9.09. The van der Waals surface area contributed by atoms with Gasteiger partial charge in [0.15, 0.2) is 5.82 Å². The van der Waals surface area contributed by atoms with Gasteiger partial charge in [0.25, 0.3) is 0 Å². The van der Waals surface area contributed by atoms with Gasteiger partial charge in [-0.1, -0.05) is 42.2 Å². The van der Waals surface area contributed by atoms with Crippen LogP contribution >= 0.6 is 0 Å². The predicted octanol–water partition coefficient (Wildman–Crippen LogP) is 5.91. The molecule has 3 heteroatoms. The topological polar surface area (TPSA) is 25.8 Å². The smallest absolute Gasteiger partial charge is 0.159 e. The van der Waals surface area contributed by atoms with Crippen molar-refractivity contribution in [3.05, 3.63) is 72.6 Å². The quantitative estimate of drug-likeness (QED) is 0.311. The highest BCUT2D eigenvalue weighted by Crippen LogP contribution is 2.26. The lowest BCUT2D eigenvalue weighted by molar-refractivity contribution is 0.336. The van der Waals surface area contributed by atoms with E-state index in [1.165, 1.54) is 0 Å². The Morgan fingerprint density at radius 1 is 1.19 bits per heavy atom. The van der Waals surface area contributed by atoms with Gasteiger partial charge in [-0.15, -0.1) is 6.58 Å². The number of hydrogen-bond donors (Lipinski definition) is 0. The fourth-order valence-corrected chi connectivity index (χ4v) is 2.96. The maximum atomic E-state index is 12.8. The molecule has 136 valence electrons. The van der Waals surface area contributed by atoms with Crippen molar-refractivity contribution in [3.8, 4) is 23.2 Å². The number of benzene rings is 2. The van der Waals surface area contributed by atoms with E-state index in [9.17, 15) is 4.39 Å². The second-order valence-corrected chi connectivity index (χ2v) is 6.62. The third-order valence-electron chi connectivity index (χ3n) is 4.34. The van der Waals surface area contributed by atoms with E-state index >= 15 is 0 Å². The first-order valence-corrected chi connectivity index (χ1v) is 9.25. The molecule has 0 saturated heterocycles. The molecule has 0 fully saturated rings. The van der Waals surface area contributed by atoms with Gasteiger partial charge in [0.05, 0.1) is 6.17 Å². The van der Waals surface area contributed by atoms with Crippen LogP contribution in [0.5, 0.6) is 0 Å². The largest absolute Gasteiger partial charge is 0.248 e. The summed E-state index contributed by atoms with van der Waals surface area (Å²) < 4.78 is 12.8. The first-order valence-electron chi connectivity index (χ1n) is 9.25. The Hall–Kier alpha value is -2.99. The molecule has 0 aliphatic heterocycles. The summed E-state index contributed by atoms with van der Waals surface area (Å²) in [4.78, 5) is 9.01. The van der Waals surface area contributed by atoms with E-state index in [1.807, 2.05) is 36.7 Å². The van der Waals surface area contributed by atoms with Gasteiger partial charge in [0, 0.05) is 29.9 Å². The highest BCUT2D eigenvalue weighted by atomic mass is 19.1. The Bertz CT molecular complexity index is 979. The molecule has 0 N–H and O–H groups in total. The van der Waals surface area contributed by atoms with Gasteiger partial charge in [-0.2, -0.15) is 0 Å². The molecule has 0 amide bonds. The molecule has 2 nitrogen and oxygen atoms in total. The number of allylic oxidation sites excluding steroid dienone is 1. The summed E-state index contributed by atoms with van der Waals surface area (Å²) in [5, 5.41) is 2.21. The lowest BCUT2D eigenvalue weighted by atomic mass is 10.0. The maximum Gasteiger partial charge on any atom is 0.159 e. The number of halogens is 1. The Labute approximate surface area is 160 Å². The van der Waals surface area contributed by atoms with Gasteiger partial charge in [-0.3, -0.25) is 0 Å². The monoisotopic (exact) mass is 358 g/mol. The van der Waals surface area contributed by atoms with Gasteiger partial charge in [-0.05, 0) is 54.7 Å². The highest BCUT2D eigenvalue weighted by Gasteiger charge is 2.07. The van der Waals surface area contributed by atoms with E-state index in [4.69, 9.17) is 0 Å². The van der Waals surface area contributed by atoms with E-state index < -0.39 is 6.17 Å². The Kier molecular flexibility index (Phi) is 6.33. The fraction of sp³-hybridized carbons (Fsp3) is 0.250. The Balaban J connectivity index is 1.83. The van der Waals surface area contributed by atoms with Crippen molar-refractivity contribution in [2.24, 2.45) is 0 Å². The zero-order valence-electron chi connectivity index (χ0n) is 15.6. The molecule has 3 rings (SSSR count). The molecule has 0 saturated carbocycles. The van der Waals surface area contributed by atoms with Crippen molar-refractivity contribution >= 4 is 10.8 Å². The molecular weight excluding hydrogens is 335 g/mol. The summed E-state index contributed by atoms with van der Waals surface area (Å²) in [5.74, 6) is 7.03. The molecule has 0 aliphatic carbocycles. The average molecular weight is 358 g/mol. The summed E-state index contributed by atoms with van der Waals surface area (Å²) >= 11 is 0. The zero-order chi connectivity index (χ0) is 19.1. The van der Waals surface area contributed by atoms with Crippen LogP contribution in [0, 0.1) is 11.8 Å². The minimum absolute atomic E-state index is 0.571. The van der Waals surface area contributed by atoms with Crippen LogP contribution in [0.2, 0.25) is 0 Å². The molecule has 27 heavy (non-hydrogen) atoms. The van der Waals surface area contributed by atoms with E-state index in [1.54, 1.807) is 6.92 Å². The molecular formula is C24H23FN2. The molecule has 0 bridgehead atoms. The summed E-state index contributed by atoms with van der Waals surface area (Å²) in [5.41, 5.74) is 3.03. The lowest BCUT2D eigenvalue weighted by Gasteiger charge is -2.06. The standard InChI is InChI=1S/C24H23FN2/c1-3-8-20-16-26-24(27-17-20)23-12-7-11-21-15-19(13-14-22(21)23)10-6-4-5-9-18(2)25/h3,7,11-18H,1,4-5,8-9H2,2H3. The van der Waals surface area contributed by atoms with Crippen molar-refractivity contribution in [3.63, 3.8) is 0 Å². The van der Waals surface area contributed by atoms with Crippen molar-refractivity contribution in [2.45, 2.75) is 38.8 Å². The molecule has 1 aromatic heterocycles. The van der Waals surface area contributed by atoms with Crippen LogP contribution < -0.4 is 0 Å². The van der Waals surface area contributed by atoms with Gasteiger partial charge < -0.3 is 0 Å². The number of alkyl halides is 1. The molecule has 0 aliphatic rings. The minimum Gasteiger partial charge on any atom is -0.248 e. The highest BCUT2D eigenvalue weighted by molar-refractivity contribution is 5.95. The number of hydrogen-bond acceptors (Lipinski definition) is 2. The minimum atomic E-state index is -0.751. The van der Waals surface area contributed by atoms with Crippen molar-refractivity contribution in [1.82, 2.24) is 9.97 Å². The fourth-order valence-electron chi connectivity index (χ4n) is 2.96. The third kappa shape index (κ3) is 5.01. The molecule has 3 aromatic rings. The van der Waals surface area contributed by atoms with Crippen LogP contribution in [-0.4, -0.2) is 16.1 Å². The third-order valence-corrected chi connectivity index (χ3v) is 4.34. The molecule has 1 unspecified atom stereocenters. The summed E-state index contributed by atoms with van der Waals surface area (Å²) in [6, 6.07) is 12.3. The van der Waals surface area contributed by atoms with Crippen LogP contribution in [0.25, 0.3) is 22.2 Å². The van der Waals surface area contributed by atoms with Crippen LogP contribution in [0.1, 0.15) is 37.3 Å². The zero-order valence-corrected chi connectivity index (χ0v) is 15.6. The maximum absolute atomic E-state index is 12.8. The van der Waals surface area contributed by atoms with Crippen LogP contribution in [0.15, 0.2) is 61.4 Å². The van der Waals surface area contributed by atoms with Crippen molar-refractivity contribution in [2.75, 3.05) is 0 Å².